The molecule has 0 spiro atoms. The topological polar surface area (TPSA) is 151 Å². The Bertz CT molecular complexity index is 1540. The van der Waals surface area contributed by atoms with Crippen molar-refractivity contribution in [3.8, 4) is 6.07 Å². The van der Waals surface area contributed by atoms with Crippen molar-refractivity contribution in [3.05, 3.63) is 87.8 Å². The monoisotopic (exact) mass is 485 g/mol. The van der Waals surface area contributed by atoms with Crippen molar-refractivity contribution in [1.82, 2.24) is 4.98 Å². The lowest BCUT2D eigenvalue weighted by molar-refractivity contribution is -0.114. The molecule has 2 aromatic heterocycles. The van der Waals surface area contributed by atoms with Crippen LogP contribution >= 0.6 is 11.8 Å². The van der Waals surface area contributed by atoms with Gasteiger partial charge < -0.3 is 20.8 Å². The number of rotatable bonds is 6. The first-order chi connectivity index (χ1) is 16.8. The highest BCUT2D eigenvalue weighted by Gasteiger charge is 2.17. The number of benzene rings is 2. The van der Waals surface area contributed by atoms with Gasteiger partial charge in [0, 0.05) is 41.6 Å². The number of nitrogen functional groups attached to an aromatic ring is 1. The minimum atomic E-state index is -0.547. The number of nitriles is 1. The molecule has 4 aromatic rings. The standard InChI is InChI=1S/C25H19N5O4S/c1-14(31)28-18-7-8-19-16(10-22(32)34-21(19)11-18)13-35-25-15(12-26)9-20(23(27)30-25)24(33)29-17-5-3-2-4-6-17/h2-11H,13H2,1H3,(H2,27,30)(H,28,31)(H,29,33). The molecular formula is C25H19N5O4S. The minimum Gasteiger partial charge on any atom is -0.423 e. The molecule has 0 saturated heterocycles. The summed E-state index contributed by atoms with van der Waals surface area (Å²) in [6, 6.07) is 18.7. The summed E-state index contributed by atoms with van der Waals surface area (Å²) in [6.07, 6.45) is 0. The number of nitrogens with one attached hydrogen (secondary N) is 2. The van der Waals surface area contributed by atoms with Crippen LogP contribution in [0.2, 0.25) is 0 Å². The van der Waals surface area contributed by atoms with E-state index in [1.807, 2.05) is 6.07 Å². The molecule has 0 fully saturated rings. The highest BCUT2D eigenvalue weighted by Crippen LogP contribution is 2.30. The van der Waals surface area contributed by atoms with Crippen LogP contribution in [0.25, 0.3) is 11.0 Å². The molecule has 0 aliphatic heterocycles. The van der Waals surface area contributed by atoms with Gasteiger partial charge in [0.05, 0.1) is 11.1 Å². The molecule has 10 heteroatoms. The van der Waals surface area contributed by atoms with Crippen molar-refractivity contribution in [2.75, 3.05) is 16.4 Å². The van der Waals surface area contributed by atoms with E-state index < -0.39 is 11.5 Å². The normalized spacial score (nSPS) is 10.5. The molecule has 0 radical (unpaired) electrons. The average Bonchev–Trinajstić information content (AvgIpc) is 2.82. The molecule has 0 unspecified atom stereocenters. The summed E-state index contributed by atoms with van der Waals surface area (Å²) in [5.41, 5.74) is 7.84. The van der Waals surface area contributed by atoms with E-state index in [0.717, 1.165) is 0 Å². The van der Waals surface area contributed by atoms with Crippen LogP contribution in [0.3, 0.4) is 0 Å². The first-order valence-electron chi connectivity index (χ1n) is 10.4. The van der Waals surface area contributed by atoms with Crippen LogP contribution in [-0.4, -0.2) is 16.8 Å². The van der Waals surface area contributed by atoms with E-state index in [0.29, 0.717) is 32.9 Å². The summed E-state index contributed by atoms with van der Waals surface area (Å²) >= 11 is 1.21. The van der Waals surface area contributed by atoms with Crippen molar-refractivity contribution < 1.29 is 14.0 Å². The largest absolute Gasteiger partial charge is 0.423 e. The number of amides is 2. The molecule has 35 heavy (non-hydrogen) atoms. The van der Waals surface area contributed by atoms with Crippen LogP contribution in [0, 0.1) is 11.3 Å². The third-order valence-electron chi connectivity index (χ3n) is 4.93. The Morgan fingerprint density at radius 2 is 1.86 bits per heavy atom. The van der Waals surface area contributed by atoms with Gasteiger partial charge in [0.25, 0.3) is 5.91 Å². The van der Waals surface area contributed by atoms with Gasteiger partial charge in [-0.05, 0) is 35.9 Å². The van der Waals surface area contributed by atoms with Crippen molar-refractivity contribution in [2.24, 2.45) is 0 Å². The van der Waals surface area contributed by atoms with Crippen LogP contribution in [0.5, 0.6) is 0 Å². The number of carbonyl (C=O) groups excluding carboxylic acids is 2. The highest BCUT2D eigenvalue weighted by atomic mass is 32.2. The number of para-hydroxylation sites is 1. The molecule has 0 atom stereocenters. The third-order valence-corrected chi connectivity index (χ3v) is 5.97. The number of carbonyl (C=O) groups is 2. The molecule has 0 aliphatic carbocycles. The lowest BCUT2D eigenvalue weighted by Gasteiger charge is -2.11. The second-order valence-corrected chi connectivity index (χ2v) is 8.44. The quantitative estimate of drug-likeness (QED) is 0.272. The first-order valence-corrected chi connectivity index (χ1v) is 11.4. The number of hydrogen-bond donors (Lipinski definition) is 3. The van der Waals surface area contributed by atoms with Crippen LogP contribution < -0.4 is 22.0 Å². The Hall–Kier alpha value is -4.62. The summed E-state index contributed by atoms with van der Waals surface area (Å²) in [5, 5.41) is 16.0. The first kappa shape index (κ1) is 23.5. The van der Waals surface area contributed by atoms with Crippen LogP contribution in [-0.2, 0) is 10.5 Å². The van der Waals surface area contributed by atoms with Crippen LogP contribution in [0.1, 0.15) is 28.4 Å². The predicted molar refractivity (Wildman–Crippen MR) is 134 cm³/mol. The van der Waals surface area contributed by atoms with Gasteiger partial charge in [-0.3, -0.25) is 9.59 Å². The fourth-order valence-electron chi connectivity index (χ4n) is 3.38. The average molecular weight is 486 g/mol. The summed E-state index contributed by atoms with van der Waals surface area (Å²) in [4.78, 5) is 40.3. The SMILES string of the molecule is CC(=O)Nc1ccc2c(CSc3nc(N)c(C(=O)Nc4ccccc4)cc3C#N)cc(=O)oc2c1. The number of aromatic nitrogens is 1. The van der Waals surface area contributed by atoms with Crippen molar-refractivity contribution in [1.29, 1.82) is 5.26 Å². The maximum Gasteiger partial charge on any atom is 0.336 e. The fraction of sp³-hybridized carbons (Fsp3) is 0.0800. The van der Waals surface area contributed by atoms with Crippen molar-refractivity contribution in [3.63, 3.8) is 0 Å². The highest BCUT2D eigenvalue weighted by molar-refractivity contribution is 7.98. The van der Waals surface area contributed by atoms with E-state index >= 15 is 0 Å². The molecule has 2 aromatic carbocycles. The summed E-state index contributed by atoms with van der Waals surface area (Å²) in [7, 11) is 0. The van der Waals surface area contributed by atoms with Gasteiger partial charge in [0.1, 0.15) is 22.5 Å². The molecule has 4 N–H and O–H groups in total. The molecule has 4 rings (SSSR count). The summed E-state index contributed by atoms with van der Waals surface area (Å²) in [6.45, 7) is 1.38. The van der Waals surface area contributed by atoms with E-state index in [-0.39, 0.29) is 28.6 Å². The number of fused-ring (bicyclic) bond motifs is 1. The van der Waals surface area contributed by atoms with E-state index in [4.69, 9.17) is 10.2 Å². The van der Waals surface area contributed by atoms with E-state index in [1.54, 1.807) is 42.5 Å². The number of nitrogens with zero attached hydrogens (tertiary/aromatic N) is 2. The van der Waals surface area contributed by atoms with Gasteiger partial charge in [0.2, 0.25) is 5.91 Å². The Balaban J connectivity index is 1.59. The fourth-order valence-corrected chi connectivity index (χ4v) is 4.33. The Morgan fingerprint density at radius 3 is 2.57 bits per heavy atom. The maximum absolute atomic E-state index is 12.7. The summed E-state index contributed by atoms with van der Waals surface area (Å²) < 4.78 is 5.28. The zero-order valence-corrected chi connectivity index (χ0v) is 19.3. The zero-order chi connectivity index (χ0) is 24.9. The molecule has 2 heterocycles. The zero-order valence-electron chi connectivity index (χ0n) is 18.5. The van der Waals surface area contributed by atoms with Gasteiger partial charge in [-0.25, -0.2) is 9.78 Å². The van der Waals surface area contributed by atoms with E-state index in [1.165, 1.54) is 30.8 Å². The molecule has 0 bridgehead atoms. The van der Waals surface area contributed by atoms with Gasteiger partial charge in [-0.15, -0.1) is 11.8 Å². The van der Waals surface area contributed by atoms with Gasteiger partial charge >= 0.3 is 5.63 Å². The lowest BCUT2D eigenvalue weighted by atomic mass is 10.1. The van der Waals surface area contributed by atoms with Crippen LogP contribution in [0.4, 0.5) is 17.2 Å². The number of anilines is 3. The molecule has 2 amide bonds. The number of thioether (sulfide) groups is 1. The Labute approximate surface area is 204 Å². The predicted octanol–water partition coefficient (Wildman–Crippen LogP) is 4.14. The Morgan fingerprint density at radius 1 is 1.09 bits per heavy atom. The number of nitrogens with two attached hydrogens (primary N) is 1. The molecular weight excluding hydrogens is 466 g/mol. The van der Waals surface area contributed by atoms with E-state index in [2.05, 4.69) is 21.7 Å². The van der Waals surface area contributed by atoms with Gasteiger partial charge in [-0.1, -0.05) is 18.2 Å². The van der Waals surface area contributed by atoms with E-state index in [9.17, 15) is 19.6 Å². The summed E-state index contributed by atoms with van der Waals surface area (Å²) in [5.74, 6) is -0.446. The molecule has 174 valence electrons. The number of hydrogen-bond acceptors (Lipinski definition) is 8. The third kappa shape index (κ3) is 5.48. The molecule has 0 saturated carbocycles. The molecule has 0 aliphatic rings. The van der Waals surface area contributed by atoms with Gasteiger partial charge in [-0.2, -0.15) is 5.26 Å². The molecule has 9 nitrogen and oxygen atoms in total. The van der Waals surface area contributed by atoms with Crippen LogP contribution in [0.15, 0.2) is 74.9 Å². The van der Waals surface area contributed by atoms with Crippen molar-refractivity contribution >= 4 is 51.7 Å². The second-order valence-electron chi connectivity index (χ2n) is 7.48. The second kappa shape index (κ2) is 10.1. The maximum atomic E-state index is 12.7. The smallest absolute Gasteiger partial charge is 0.336 e. The lowest BCUT2D eigenvalue weighted by Crippen LogP contribution is -2.15. The van der Waals surface area contributed by atoms with Gasteiger partial charge in [0.15, 0.2) is 0 Å². The number of pyridine rings is 1. The van der Waals surface area contributed by atoms with Crippen molar-refractivity contribution in [2.45, 2.75) is 17.7 Å². The minimum absolute atomic E-state index is 0.0164. The Kier molecular flexibility index (Phi) is 6.80.